The Balaban J connectivity index is 1.48. The molecule has 1 aromatic rings. The van der Waals surface area contributed by atoms with Gasteiger partial charge in [0.1, 0.15) is 0 Å². The molecule has 1 aliphatic heterocycles. The number of rotatable bonds is 4. The molecule has 0 spiro atoms. The molecule has 0 aromatic heterocycles. The van der Waals surface area contributed by atoms with Crippen molar-refractivity contribution in [3.63, 3.8) is 0 Å². The van der Waals surface area contributed by atoms with Gasteiger partial charge in [0, 0.05) is 25.7 Å². The van der Waals surface area contributed by atoms with Gasteiger partial charge in [-0.05, 0) is 36.7 Å². The smallest absolute Gasteiger partial charge is 0.0208 e. The molecule has 1 aromatic carbocycles. The Labute approximate surface area is 110 Å². The number of hydrogen-bond donors (Lipinski definition) is 1. The van der Waals surface area contributed by atoms with Crippen molar-refractivity contribution in [1.82, 2.24) is 4.90 Å². The van der Waals surface area contributed by atoms with Crippen molar-refractivity contribution >= 4 is 0 Å². The molecule has 2 nitrogen and oxygen atoms in total. The third kappa shape index (κ3) is 2.76. The molecule has 1 aliphatic carbocycles. The largest absolute Gasteiger partial charge is 0.326 e. The third-order valence-electron chi connectivity index (χ3n) is 4.64. The molecule has 2 heteroatoms. The van der Waals surface area contributed by atoms with Crippen molar-refractivity contribution in [2.45, 2.75) is 31.7 Å². The molecule has 0 amide bonds. The SMILES string of the molecule is N[C@@H](Cc1ccccc1)CN1CC2CCCC2C1. The van der Waals surface area contributed by atoms with Gasteiger partial charge in [-0.2, -0.15) is 0 Å². The van der Waals surface area contributed by atoms with E-state index in [1.807, 2.05) is 0 Å². The zero-order valence-corrected chi connectivity index (χ0v) is 11.1. The summed E-state index contributed by atoms with van der Waals surface area (Å²) in [6.07, 6.45) is 5.37. The van der Waals surface area contributed by atoms with Gasteiger partial charge in [-0.1, -0.05) is 36.8 Å². The van der Waals surface area contributed by atoms with Gasteiger partial charge in [-0.3, -0.25) is 0 Å². The number of nitrogens with zero attached hydrogens (tertiary/aromatic N) is 1. The quantitative estimate of drug-likeness (QED) is 0.880. The summed E-state index contributed by atoms with van der Waals surface area (Å²) in [6, 6.07) is 10.9. The Hall–Kier alpha value is -0.860. The van der Waals surface area contributed by atoms with Crippen molar-refractivity contribution in [3.05, 3.63) is 35.9 Å². The maximum Gasteiger partial charge on any atom is 0.0208 e. The van der Waals surface area contributed by atoms with Crippen molar-refractivity contribution in [3.8, 4) is 0 Å². The highest BCUT2D eigenvalue weighted by Crippen LogP contribution is 2.37. The lowest BCUT2D eigenvalue weighted by Crippen LogP contribution is -2.38. The number of fused-ring (bicyclic) bond motifs is 1. The molecule has 1 saturated heterocycles. The molecule has 2 N–H and O–H groups in total. The van der Waals surface area contributed by atoms with Crippen LogP contribution >= 0.6 is 0 Å². The van der Waals surface area contributed by atoms with Crippen molar-refractivity contribution in [1.29, 1.82) is 0 Å². The van der Waals surface area contributed by atoms with Gasteiger partial charge in [0.25, 0.3) is 0 Å². The van der Waals surface area contributed by atoms with Crippen LogP contribution in [0.4, 0.5) is 0 Å². The van der Waals surface area contributed by atoms with Crippen molar-refractivity contribution in [2.24, 2.45) is 17.6 Å². The van der Waals surface area contributed by atoms with Crippen LogP contribution < -0.4 is 5.73 Å². The second kappa shape index (κ2) is 5.41. The van der Waals surface area contributed by atoms with E-state index in [1.165, 1.54) is 37.9 Å². The second-order valence-electron chi connectivity index (χ2n) is 6.12. The van der Waals surface area contributed by atoms with Crippen LogP contribution in [-0.2, 0) is 6.42 Å². The van der Waals surface area contributed by atoms with Gasteiger partial charge in [-0.25, -0.2) is 0 Å². The van der Waals surface area contributed by atoms with Crippen LogP contribution in [0.25, 0.3) is 0 Å². The summed E-state index contributed by atoms with van der Waals surface area (Å²) in [4.78, 5) is 2.60. The Morgan fingerprint density at radius 3 is 2.44 bits per heavy atom. The average molecular weight is 244 g/mol. The van der Waals surface area contributed by atoms with Gasteiger partial charge >= 0.3 is 0 Å². The van der Waals surface area contributed by atoms with E-state index in [1.54, 1.807) is 0 Å². The minimum Gasteiger partial charge on any atom is -0.326 e. The Morgan fingerprint density at radius 1 is 1.11 bits per heavy atom. The molecule has 2 unspecified atom stereocenters. The molecule has 1 saturated carbocycles. The monoisotopic (exact) mass is 244 g/mol. The van der Waals surface area contributed by atoms with Crippen LogP contribution in [-0.4, -0.2) is 30.6 Å². The molecular weight excluding hydrogens is 220 g/mol. The van der Waals surface area contributed by atoms with Gasteiger partial charge in [0.05, 0.1) is 0 Å². The first-order chi connectivity index (χ1) is 8.81. The molecule has 18 heavy (non-hydrogen) atoms. The van der Waals surface area contributed by atoms with Gasteiger partial charge < -0.3 is 10.6 Å². The third-order valence-corrected chi connectivity index (χ3v) is 4.64. The van der Waals surface area contributed by atoms with Gasteiger partial charge in [-0.15, -0.1) is 0 Å². The fourth-order valence-electron chi connectivity index (χ4n) is 3.79. The Kier molecular flexibility index (Phi) is 3.67. The predicted octanol–water partition coefficient (Wildman–Crippen LogP) is 2.29. The first-order valence-electron chi connectivity index (χ1n) is 7.33. The average Bonchev–Trinajstić information content (AvgIpc) is 2.90. The molecule has 98 valence electrons. The summed E-state index contributed by atoms with van der Waals surface area (Å²) in [5, 5.41) is 0. The molecule has 2 aliphatic rings. The standard InChI is InChI=1S/C16H24N2/c17-16(9-13-5-2-1-3-6-13)12-18-10-14-7-4-8-15(14)11-18/h1-3,5-6,14-16H,4,7-12,17H2/t14?,15?,16-/m0/s1. The van der Waals surface area contributed by atoms with E-state index >= 15 is 0 Å². The first-order valence-corrected chi connectivity index (χ1v) is 7.33. The van der Waals surface area contributed by atoms with E-state index in [9.17, 15) is 0 Å². The summed E-state index contributed by atoms with van der Waals surface area (Å²) < 4.78 is 0. The number of likely N-dealkylation sites (tertiary alicyclic amines) is 1. The van der Waals surface area contributed by atoms with Crippen LogP contribution in [0.5, 0.6) is 0 Å². The molecule has 3 rings (SSSR count). The molecule has 0 radical (unpaired) electrons. The van der Waals surface area contributed by atoms with Gasteiger partial charge in [0.2, 0.25) is 0 Å². The maximum absolute atomic E-state index is 6.29. The number of nitrogens with two attached hydrogens (primary N) is 1. The molecule has 3 atom stereocenters. The molecule has 1 heterocycles. The zero-order valence-electron chi connectivity index (χ0n) is 11.1. The van der Waals surface area contributed by atoms with Crippen LogP contribution in [0.2, 0.25) is 0 Å². The minimum absolute atomic E-state index is 0.284. The normalized spacial score (nSPS) is 29.4. The summed E-state index contributed by atoms with van der Waals surface area (Å²) in [6.45, 7) is 3.67. The number of benzene rings is 1. The van der Waals surface area contributed by atoms with Crippen molar-refractivity contribution < 1.29 is 0 Å². The van der Waals surface area contributed by atoms with E-state index in [0.29, 0.717) is 0 Å². The fourth-order valence-corrected chi connectivity index (χ4v) is 3.79. The molecule has 0 bridgehead atoms. The summed E-state index contributed by atoms with van der Waals surface area (Å²) >= 11 is 0. The van der Waals surface area contributed by atoms with Crippen molar-refractivity contribution in [2.75, 3.05) is 19.6 Å². The topological polar surface area (TPSA) is 29.3 Å². The molecule has 2 fully saturated rings. The lowest BCUT2D eigenvalue weighted by atomic mass is 10.0. The Bertz CT molecular complexity index is 364. The lowest BCUT2D eigenvalue weighted by molar-refractivity contribution is 0.289. The number of hydrogen-bond acceptors (Lipinski definition) is 2. The van der Waals surface area contributed by atoms with E-state index in [2.05, 4.69) is 35.2 Å². The zero-order chi connectivity index (χ0) is 12.4. The summed E-state index contributed by atoms with van der Waals surface area (Å²) in [5.41, 5.74) is 7.66. The molecular formula is C16H24N2. The lowest BCUT2D eigenvalue weighted by Gasteiger charge is -2.21. The maximum atomic E-state index is 6.29. The van der Waals surface area contributed by atoms with E-state index in [0.717, 1.165) is 24.8 Å². The summed E-state index contributed by atoms with van der Waals surface area (Å²) in [7, 11) is 0. The van der Waals surface area contributed by atoms with Crippen LogP contribution in [0.15, 0.2) is 30.3 Å². The summed E-state index contributed by atoms with van der Waals surface area (Å²) in [5.74, 6) is 1.96. The van der Waals surface area contributed by atoms with Crippen LogP contribution in [0.1, 0.15) is 24.8 Å². The highest BCUT2D eigenvalue weighted by molar-refractivity contribution is 5.15. The fraction of sp³-hybridized carbons (Fsp3) is 0.625. The van der Waals surface area contributed by atoms with E-state index in [-0.39, 0.29) is 6.04 Å². The predicted molar refractivity (Wildman–Crippen MR) is 75.4 cm³/mol. The van der Waals surface area contributed by atoms with E-state index < -0.39 is 0 Å². The highest BCUT2D eigenvalue weighted by atomic mass is 15.2. The second-order valence-corrected chi connectivity index (χ2v) is 6.12. The first kappa shape index (κ1) is 12.2. The highest BCUT2D eigenvalue weighted by Gasteiger charge is 2.36. The minimum atomic E-state index is 0.284. The van der Waals surface area contributed by atoms with Crippen LogP contribution in [0.3, 0.4) is 0 Å². The van der Waals surface area contributed by atoms with Crippen LogP contribution in [0, 0.1) is 11.8 Å². The van der Waals surface area contributed by atoms with E-state index in [4.69, 9.17) is 5.73 Å². The van der Waals surface area contributed by atoms with Gasteiger partial charge in [0.15, 0.2) is 0 Å². The Morgan fingerprint density at radius 2 is 1.78 bits per heavy atom.